The van der Waals surface area contributed by atoms with Gasteiger partial charge in [0, 0.05) is 16.7 Å². The van der Waals surface area contributed by atoms with Crippen molar-refractivity contribution in [1.82, 2.24) is 4.98 Å². The Balaban J connectivity index is 2.66. The summed E-state index contributed by atoms with van der Waals surface area (Å²) in [7, 11) is 0. The Morgan fingerprint density at radius 1 is 1.25 bits per heavy atom. The molecule has 2 rings (SSSR count). The molecule has 0 fully saturated rings. The lowest BCUT2D eigenvalue weighted by Crippen LogP contribution is -2.07. The van der Waals surface area contributed by atoms with Crippen molar-refractivity contribution in [2.45, 2.75) is 0 Å². The van der Waals surface area contributed by atoms with Crippen LogP contribution in [0.3, 0.4) is 0 Å². The molecule has 0 amide bonds. The van der Waals surface area contributed by atoms with Crippen molar-refractivity contribution in [2.24, 2.45) is 0 Å². The maximum absolute atomic E-state index is 13.5. The number of hydrogen-bond acceptors (Lipinski definition) is 2. The summed E-state index contributed by atoms with van der Waals surface area (Å²) in [5.41, 5.74) is 5.75. The van der Waals surface area contributed by atoms with Crippen molar-refractivity contribution in [3.05, 3.63) is 51.5 Å². The third kappa shape index (κ3) is 2.06. The summed E-state index contributed by atoms with van der Waals surface area (Å²) in [6.45, 7) is 0. The van der Waals surface area contributed by atoms with Crippen molar-refractivity contribution in [2.75, 3.05) is 5.73 Å². The van der Waals surface area contributed by atoms with E-state index in [4.69, 9.17) is 17.3 Å². The second-order valence-corrected chi connectivity index (χ2v) is 3.75. The van der Waals surface area contributed by atoms with Crippen molar-refractivity contribution in [3.8, 4) is 11.1 Å². The molecule has 0 atom stereocenters. The topological polar surface area (TPSA) is 58.9 Å². The van der Waals surface area contributed by atoms with Gasteiger partial charge in [0.1, 0.15) is 11.6 Å². The summed E-state index contributed by atoms with van der Waals surface area (Å²) in [6.07, 6.45) is 0. The first-order valence-electron chi connectivity index (χ1n) is 4.51. The quantitative estimate of drug-likeness (QED) is 0.802. The molecular formula is C11H8ClFN2O. The molecule has 0 aliphatic rings. The molecule has 0 spiro atoms. The van der Waals surface area contributed by atoms with Gasteiger partial charge in [-0.3, -0.25) is 4.79 Å². The molecule has 1 heterocycles. The van der Waals surface area contributed by atoms with Crippen LogP contribution >= 0.6 is 11.6 Å². The van der Waals surface area contributed by atoms with Gasteiger partial charge in [-0.25, -0.2) is 4.39 Å². The number of nitrogens with two attached hydrogens (primary N) is 1. The molecule has 82 valence electrons. The monoisotopic (exact) mass is 238 g/mol. The normalized spacial score (nSPS) is 10.4. The van der Waals surface area contributed by atoms with E-state index in [1.165, 1.54) is 30.3 Å². The number of hydrogen-bond donors (Lipinski definition) is 2. The minimum Gasteiger partial charge on any atom is -0.385 e. The highest BCUT2D eigenvalue weighted by Gasteiger charge is 2.07. The van der Waals surface area contributed by atoms with E-state index in [1.807, 2.05) is 0 Å². The Hall–Kier alpha value is -1.81. The SMILES string of the molecule is Nc1cc(-c2cc(Cl)ccc2F)cc(=O)[nH]1. The number of nitrogens with one attached hydrogen (secondary N) is 1. The van der Waals surface area contributed by atoms with Gasteiger partial charge in [-0.15, -0.1) is 0 Å². The molecule has 0 saturated heterocycles. The van der Waals surface area contributed by atoms with Crippen LogP contribution in [0, 0.1) is 5.82 Å². The lowest BCUT2D eigenvalue weighted by molar-refractivity contribution is 0.631. The van der Waals surface area contributed by atoms with E-state index in [2.05, 4.69) is 4.98 Å². The van der Waals surface area contributed by atoms with E-state index >= 15 is 0 Å². The summed E-state index contributed by atoms with van der Waals surface area (Å²) in [5.74, 6) is -0.267. The van der Waals surface area contributed by atoms with E-state index in [9.17, 15) is 9.18 Å². The van der Waals surface area contributed by atoms with Crippen LogP contribution in [0.5, 0.6) is 0 Å². The zero-order valence-electron chi connectivity index (χ0n) is 8.13. The van der Waals surface area contributed by atoms with Crippen molar-refractivity contribution >= 4 is 17.4 Å². The number of pyridine rings is 1. The minimum absolute atomic E-state index is 0.182. The third-order valence-corrected chi connectivity index (χ3v) is 2.34. The van der Waals surface area contributed by atoms with E-state index in [1.54, 1.807) is 0 Å². The molecule has 3 N–H and O–H groups in total. The molecule has 0 aliphatic heterocycles. The minimum atomic E-state index is -0.450. The molecule has 0 unspecified atom stereocenters. The molecule has 1 aromatic carbocycles. The fraction of sp³-hybridized carbons (Fsp3) is 0. The molecule has 3 nitrogen and oxygen atoms in total. The molecule has 0 bridgehead atoms. The number of aromatic amines is 1. The van der Waals surface area contributed by atoms with Crippen LogP contribution < -0.4 is 11.3 Å². The van der Waals surface area contributed by atoms with Gasteiger partial charge in [0.2, 0.25) is 5.56 Å². The highest BCUT2D eigenvalue weighted by atomic mass is 35.5. The first kappa shape index (κ1) is 10.7. The zero-order valence-corrected chi connectivity index (χ0v) is 8.88. The Labute approximate surface area is 95.7 Å². The van der Waals surface area contributed by atoms with Gasteiger partial charge in [0.25, 0.3) is 0 Å². The summed E-state index contributed by atoms with van der Waals surface area (Å²) in [4.78, 5) is 13.6. The van der Waals surface area contributed by atoms with Crippen molar-refractivity contribution in [3.63, 3.8) is 0 Å². The largest absolute Gasteiger partial charge is 0.385 e. The number of halogens is 2. The maximum Gasteiger partial charge on any atom is 0.250 e. The lowest BCUT2D eigenvalue weighted by atomic mass is 10.1. The second-order valence-electron chi connectivity index (χ2n) is 3.31. The average Bonchev–Trinajstić information content (AvgIpc) is 2.20. The molecule has 16 heavy (non-hydrogen) atoms. The number of nitrogen functional groups attached to an aromatic ring is 1. The summed E-state index contributed by atoms with van der Waals surface area (Å²) in [6, 6.07) is 6.89. The van der Waals surface area contributed by atoms with Crippen LogP contribution in [0.4, 0.5) is 10.2 Å². The van der Waals surface area contributed by atoms with E-state index in [0.717, 1.165) is 0 Å². The van der Waals surface area contributed by atoms with Gasteiger partial charge in [-0.1, -0.05) is 11.6 Å². The maximum atomic E-state index is 13.5. The number of H-pyrrole nitrogens is 1. The molecular weight excluding hydrogens is 231 g/mol. The predicted octanol–water partition coefficient (Wildman–Crippen LogP) is 2.42. The van der Waals surface area contributed by atoms with Crippen LogP contribution in [0.25, 0.3) is 11.1 Å². The van der Waals surface area contributed by atoms with Gasteiger partial charge >= 0.3 is 0 Å². The highest BCUT2D eigenvalue weighted by molar-refractivity contribution is 6.30. The molecule has 2 aromatic rings. The lowest BCUT2D eigenvalue weighted by Gasteiger charge is -2.04. The standard InChI is InChI=1S/C11H8ClFN2O/c12-7-1-2-9(13)8(5-7)6-3-10(14)15-11(16)4-6/h1-5H,(H3,14,15,16). The summed E-state index contributed by atoms with van der Waals surface area (Å²) in [5, 5.41) is 0.398. The average molecular weight is 239 g/mol. The number of aromatic nitrogens is 1. The zero-order chi connectivity index (χ0) is 11.7. The third-order valence-electron chi connectivity index (χ3n) is 2.10. The molecule has 0 aliphatic carbocycles. The summed E-state index contributed by atoms with van der Waals surface area (Å²) < 4.78 is 13.5. The van der Waals surface area contributed by atoms with Crippen LogP contribution in [-0.4, -0.2) is 4.98 Å². The predicted molar refractivity (Wildman–Crippen MR) is 61.9 cm³/mol. The Morgan fingerprint density at radius 2 is 2.00 bits per heavy atom. The van der Waals surface area contributed by atoms with Gasteiger partial charge in [-0.05, 0) is 29.8 Å². The van der Waals surface area contributed by atoms with Gasteiger partial charge < -0.3 is 10.7 Å². The fourth-order valence-electron chi connectivity index (χ4n) is 1.44. The first-order valence-corrected chi connectivity index (χ1v) is 4.89. The fourth-order valence-corrected chi connectivity index (χ4v) is 1.61. The van der Waals surface area contributed by atoms with Crippen LogP contribution in [-0.2, 0) is 0 Å². The van der Waals surface area contributed by atoms with Crippen molar-refractivity contribution < 1.29 is 4.39 Å². The van der Waals surface area contributed by atoms with Gasteiger partial charge in [-0.2, -0.15) is 0 Å². The van der Waals surface area contributed by atoms with Gasteiger partial charge in [0.05, 0.1) is 0 Å². The number of anilines is 1. The highest BCUT2D eigenvalue weighted by Crippen LogP contribution is 2.25. The smallest absolute Gasteiger partial charge is 0.250 e. The van der Waals surface area contributed by atoms with Gasteiger partial charge in [0.15, 0.2) is 0 Å². The molecule has 0 saturated carbocycles. The summed E-state index contributed by atoms with van der Waals surface area (Å²) >= 11 is 5.76. The number of benzene rings is 1. The second kappa shape index (κ2) is 3.98. The first-order chi connectivity index (χ1) is 7.56. The van der Waals surface area contributed by atoms with E-state index < -0.39 is 5.82 Å². The molecule has 5 heteroatoms. The van der Waals surface area contributed by atoms with Crippen molar-refractivity contribution in [1.29, 1.82) is 0 Å². The van der Waals surface area contributed by atoms with E-state index in [-0.39, 0.29) is 16.9 Å². The van der Waals surface area contributed by atoms with Crippen LogP contribution in [0.1, 0.15) is 0 Å². The molecule has 1 aromatic heterocycles. The Morgan fingerprint density at radius 3 is 2.69 bits per heavy atom. The molecule has 0 radical (unpaired) electrons. The van der Waals surface area contributed by atoms with E-state index in [0.29, 0.717) is 10.6 Å². The number of rotatable bonds is 1. The van der Waals surface area contributed by atoms with Crippen LogP contribution in [0.15, 0.2) is 35.1 Å². The Bertz CT molecular complexity index is 595. The van der Waals surface area contributed by atoms with Crippen LogP contribution in [0.2, 0.25) is 5.02 Å². The Kier molecular flexibility index (Phi) is 2.66.